The van der Waals surface area contributed by atoms with E-state index in [2.05, 4.69) is 5.32 Å². The molecule has 1 amide bonds. The summed E-state index contributed by atoms with van der Waals surface area (Å²) in [7, 11) is 0. The number of rotatable bonds is 5. The van der Waals surface area contributed by atoms with Gasteiger partial charge in [-0.25, -0.2) is 0 Å². The third-order valence-corrected chi connectivity index (χ3v) is 3.76. The molecule has 1 N–H and O–H groups in total. The summed E-state index contributed by atoms with van der Waals surface area (Å²) in [6.07, 6.45) is -0.566. The van der Waals surface area contributed by atoms with Crippen molar-refractivity contribution < 1.29 is 9.53 Å². The molecule has 0 radical (unpaired) electrons. The van der Waals surface area contributed by atoms with E-state index in [-0.39, 0.29) is 5.91 Å². The first-order chi connectivity index (χ1) is 10.5. The zero-order valence-corrected chi connectivity index (χ0v) is 13.8. The first-order valence-electron chi connectivity index (χ1n) is 7.22. The Morgan fingerprint density at radius 2 is 1.91 bits per heavy atom. The molecule has 0 fully saturated rings. The molecule has 0 aliphatic rings. The number of hydrogen-bond donors (Lipinski definition) is 1. The molecule has 2 aromatic carbocycles. The summed E-state index contributed by atoms with van der Waals surface area (Å²) < 4.78 is 5.71. The van der Waals surface area contributed by atoms with Gasteiger partial charge < -0.3 is 10.1 Å². The van der Waals surface area contributed by atoms with E-state index in [0.717, 1.165) is 16.7 Å². The van der Waals surface area contributed by atoms with Crippen LogP contribution in [0.15, 0.2) is 42.5 Å². The smallest absolute Gasteiger partial charge is 0.261 e. The number of carbonyl (C=O) groups excluding carboxylic acids is 1. The van der Waals surface area contributed by atoms with Crippen LogP contribution in [-0.2, 0) is 11.3 Å². The number of nitrogens with one attached hydrogen (secondary N) is 1. The molecule has 0 aliphatic heterocycles. The zero-order chi connectivity index (χ0) is 16.1. The first kappa shape index (κ1) is 16.4. The molecular weight excluding hydrogens is 298 g/mol. The summed E-state index contributed by atoms with van der Waals surface area (Å²) >= 11 is 5.91. The van der Waals surface area contributed by atoms with Gasteiger partial charge >= 0.3 is 0 Å². The van der Waals surface area contributed by atoms with E-state index >= 15 is 0 Å². The van der Waals surface area contributed by atoms with Gasteiger partial charge in [-0.15, -0.1) is 0 Å². The van der Waals surface area contributed by atoms with Crippen molar-refractivity contribution >= 4 is 17.5 Å². The Bertz CT molecular complexity index is 670. The van der Waals surface area contributed by atoms with Gasteiger partial charge in [0, 0.05) is 11.6 Å². The van der Waals surface area contributed by atoms with Gasteiger partial charge in [0.2, 0.25) is 0 Å². The molecule has 2 rings (SSSR count). The van der Waals surface area contributed by atoms with Crippen molar-refractivity contribution in [2.45, 2.75) is 33.4 Å². The number of hydrogen-bond acceptors (Lipinski definition) is 2. The van der Waals surface area contributed by atoms with Crippen LogP contribution in [-0.4, -0.2) is 12.0 Å². The van der Waals surface area contributed by atoms with Gasteiger partial charge in [0.1, 0.15) is 5.75 Å². The first-order valence-corrected chi connectivity index (χ1v) is 7.60. The predicted octanol–water partition coefficient (Wildman–Crippen LogP) is 4.04. The van der Waals surface area contributed by atoms with Gasteiger partial charge in [0.05, 0.1) is 0 Å². The number of amides is 1. The van der Waals surface area contributed by atoms with Gasteiger partial charge in [-0.05, 0) is 55.7 Å². The van der Waals surface area contributed by atoms with Crippen molar-refractivity contribution in [2.75, 3.05) is 0 Å². The number of carbonyl (C=O) groups is 1. The lowest BCUT2D eigenvalue weighted by molar-refractivity contribution is -0.127. The second-order valence-corrected chi connectivity index (χ2v) is 5.75. The molecule has 0 aliphatic carbocycles. The summed E-state index contributed by atoms with van der Waals surface area (Å²) in [6.45, 7) is 6.16. The Kier molecular flexibility index (Phi) is 5.45. The summed E-state index contributed by atoms with van der Waals surface area (Å²) in [5.41, 5.74) is 3.17. The van der Waals surface area contributed by atoms with Crippen molar-refractivity contribution in [3.63, 3.8) is 0 Å². The van der Waals surface area contributed by atoms with Crippen molar-refractivity contribution in [3.05, 3.63) is 64.2 Å². The van der Waals surface area contributed by atoms with E-state index in [9.17, 15) is 4.79 Å². The second-order valence-electron chi connectivity index (χ2n) is 5.31. The number of benzene rings is 2. The molecule has 0 heterocycles. The van der Waals surface area contributed by atoms with E-state index < -0.39 is 6.10 Å². The highest BCUT2D eigenvalue weighted by molar-refractivity contribution is 6.30. The fraction of sp³-hybridized carbons (Fsp3) is 0.278. The fourth-order valence-corrected chi connectivity index (χ4v) is 2.35. The van der Waals surface area contributed by atoms with Crippen molar-refractivity contribution in [3.8, 4) is 5.75 Å². The van der Waals surface area contributed by atoms with Crippen LogP contribution in [0.1, 0.15) is 23.6 Å². The van der Waals surface area contributed by atoms with Crippen LogP contribution < -0.4 is 10.1 Å². The molecule has 0 bridgehead atoms. The van der Waals surface area contributed by atoms with Crippen LogP contribution in [0.4, 0.5) is 0 Å². The monoisotopic (exact) mass is 317 g/mol. The molecule has 0 spiro atoms. The lowest BCUT2D eigenvalue weighted by Gasteiger charge is -2.17. The Balaban J connectivity index is 1.93. The summed E-state index contributed by atoms with van der Waals surface area (Å²) in [4.78, 5) is 12.1. The summed E-state index contributed by atoms with van der Waals surface area (Å²) in [5, 5.41) is 3.55. The molecule has 0 saturated heterocycles. The second kappa shape index (κ2) is 7.32. The van der Waals surface area contributed by atoms with Crippen LogP contribution in [0.25, 0.3) is 0 Å². The van der Waals surface area contributed by atoms with Crippen molar-refractivity contribution in [2.24, 2.45) is 0 Å². The van der Waals surface area contributed by atoms with Crippen LogP contribution in [0.5, 0.6) is 5.75 Å². The van der Waals surface area contributed by atoms with E-state index in [0.29, 0.717) is 17.3 Å². The van der Waals surface area contributed by atoms with E-state index in [4.69, 9.17) is 16.3 Å². The lowest BCUT2D eigenvalue weighted by Crippen LogP contribution is -2.36. The average molecular weight is 318 g/mol. The minimum atomic E-state index is -0.566. The fourth-order valence-electron chi connectivity index (χ4n) is 2.12. The Morgan fingerprint density at radius 3 is 2.59 bits per heavy atom. The highest BCUT2D eigenvalue weighted by Gasteiger charge is 2.15. The molecule has 3 nitrogen and oxygen atoms in total. The van der Waals surface area contributed by atoms with Gasteiger partial charge in [-0.1, -0.05) is 35.9 Å². The zero-order valence-electron chi connectivity index (χ0n) is 13.0. The maximum Gasteiger partial charge on any atom is 0.261 e. The highest BCUT2D eigenvalue weighted by atomic mass is 35.5. The highest BCUT2D eigenvalue weighted by Crippen LogP contribution is 2.22. The third-order valence-electron chi connectivity index (χ3n) is 3.52. The van der Waals surface area contributed by atoms with Crippen molar-refractivity contribution in [1.29, 1.82) is 0 Å². The van der Waals surface area contributed by atoms with Crippen LogP contribution >= 0.6 is 11.6 Å². The SMILES string of the molecule is Cc1ccccc1CNC(=O)C(C)Oc1ccc(Cl)cc1C. The van der Waals surface area contributed by atoms with Gasteiger partial charge in [0.25, 0.3) is 5.91 Å². The Labute approximate surface area is 136 Å². The van der Waals surface area contributed by atoms with E-state index in [1.165, 1.54) is 0 Å². The lowest BCUT2D eigenvalue weighted by atomic mass is 10.1. The summed E-state index contributed by atoms with van der Waals surface area (Å²) in [6, 6.07) is 13.3. The van der Waals surface area contributed by atoms with Crippen LogP contribution in [0, 0.1) is 13.8 Å². The quantitative estimate of drug-likeness (QED) is 0.903. The molecule has 2 aromatic rings. The predicted molar refractivity (Wildman–Crippen MR) is 89.3 cm³/mol. The Morgan fingerprint density at radius 1 is 1.18 bits per heavy atom. The van der Waals surface area contributed by atoms with E-state index in [1.54, 1.807) is 19.1 Å². The largest absolute Gasteiger partial charge is 0.481 e. The molecule has 0 saturated carbocycles. The average Bonchev–Trinajstić information content (AvgIpc) is 2.49. The normalized spacial score (nSPS) is 11.8. The topological polar surface area (TPSA) is 38.3 Å². The van der Waals surface area contributed by atoms with Crippen molar-refractivity contribution in [1.82, 2.24) is 5.32 Å². The van der Waals surface area contributed by atoms with Crippen LogP contribution in [0.3, 0.4) is 0 Å². The molecule has 1 unspecified atom stereocenters. The third kappa shape index (κ3) is 4.25. The molecule has 116 valence electrons. The molecule has 0 aromatic heterocycles. The molecule has 22 heavy (non-hydrogen) atoms. The standard InChI is InChI=1S/C18H20ClNO2/c1-12-6-4-5-7-15(12)11-20-18(21)14(3)22-17-9-8-16(19)10-13(17)2/h4-10,14H,11H2,1-3H3,(H,20,21). The minimum absolute atomic E-state index is 0.141. The number of aryl methyl sites for hydroxylation is 2. The molecular formula is C18H20ClNO2. The number of ether oxygens (including phenoxy) is 1. The number of halogens is 1. The maximum atomic E-state index is 12.1. The maximum absolute atomic E-state index is 12.1. The molecule has 4 heteroatoms. The van der Waals surface area contributed by atoms with Gasteiger partial charge in [-0.3, -0.25) is 4.79 Å². The summed E-state index contributed by atoms with van der Waals surface area (Å²) in [5.74, 6) is 0.528. The van der Waals surface area contributed by atoms with E-state index in [1.807, 2.05) is 44.2 Å². The minimum Gasteiger partial charge on any atom is -0.481 e. The Hall–Kier alpha value is -2.00. The van der Waals surface area contributed by atoms with Crippen LogP contribution in [0.2, 0.25) is 5.02 Å². The van der Waals surface area contributed by atoms with Gasteiger partial charge in [0.15, 0.2) is 6.10 Å². The molecule has 1 atom stereocenters. The van der Waals surface area contributed by atoms with Gasteiger partial charge in [-0.2, -0.15) is 0 Å².